The number of aromatic nitrogens is 1. The van der Waals surface area contributed by atoms with Crippen molar-refractivity contribution in [2.75, 3.05) is 13.1 Å². The van der Waals surface area contributed by atoms with Crippen LogP contribution in [0.25, 0.3) is 11.3 Å². The summed E-state index contributed by atoms with van der Waals surface area (Å²) >= 11 is 0. The highest BCUT2D eigenvalue weighted by atomic mass is 16.4. The predicted molar refractivity (Wildman–Crippen MR) is 97.0 cm³/mol. The molecular weight excluding hydrogens is 312 g/mol. The smallest absolute Gasteiger partial charge is 0.306 e. The van der Waals surface area contributed by atoms with E-state index in [0.29, 0.717) is 5.41 Å². The number of hydrogen-bond acceptors (Lipinski definition) is 3. The number of rotatable bonds is 4. The van der Waals surface area contributed by atoms with Gasteiger partial charge in [-0.1, -0.05) is 24.3 Å². The summed E-state index contributed by atoms with van der Waals surface area (Å²) in [5.74, 6) is -0.707. The van der Waals surface area contributed by atoms with Crippen molar-refractivity contribution in [3.05, 3.63) is 54.2 Å². The van der Waals surface area contributed by atoms with Crippen LogP contribution in [0.15, 0.2) is 48.7 Å². The van der Waals surface area contributed by atoms with E-state index in [1.165, 1.54) is 5.56 Å². The zero-order chi connectivity index (χ0) is 17.3. The molecule has 1 aromatic heterocycles. The highest BCUT2D eigenvalue weighted by Crippen LogP contribution is 2.52. The normalized spacial score (nSPS) is 20.3. The lowest BCUT2D eigenvalue weighted by Gasteiger charge is -2.51. The maximum Gasteiger partial charge on any atom is 0.306 e. The van der Waals surface area contributed by atoms with Crippen molar-refractivity contribution in [3.8, 4) is 11.3 Å². The average molecular weight is 336 g/mol. The van der Waals surface area contributed by atoms with Gasteiger partial charge in [-0.15, -0.1) is 0 Å². The molecule has 1 N–H and O–H groups in total. The summed E-state index contributed by atoms with van der Waals surface area (Å²) in [5.41, 5.74) is 3.80. The van der Waals surface area contributed by atoms with Crippen LogP contribution in [-0.4, -0.2) is 34.0 Å². The highest BCUT2D eigenvalue weighted by molar-refractivity contribution is 5.71. The summed E-state index contributed by atoms with van der Waals surface area (Å²) in [6.45, 7) is 3.10. The molecule has 25 heavy (non-hydrogen) atoms. The number of pyridine rings is 1. The van der Waals surface area contributed by atoms with Gasteiger partial charge in [0.15, 0.2) is 0 Å². The number of carbonyl (C=O) groups is 1. The Balaban J connectivity index is 1.36. The van der Waals surface area contributed by atoms with E-state index in [2.05, 4.69) is 34.1 Å². The molecular formula is C21H24N2O2. The number of aliphatic carboxylic acids is 1. The fourth-order valence-electron chi connectivity index (χ4n) is 4.37. The van der Waals surface area contributed by atoms with Crippen LogP contribution in [-0.2, 0) is 11.3 Å². The molecule has 0 amide bonds. The second-order valence-electron chi connectivity index (χ2n) is 7.63. The molecule has 4 heteroatoms. The molecule has 0 bridgehead atoms. The third-order valence-electron chi connectivity index (χ3n) is 5.92. The molecule has 4 rings (SSSR count). The standard InChI is InChI=1S/C21H24N2O2/c24-20(25)18-13-21(14-18)7-10-23(11-8-21)15-16-4-3-5-17(12-16)19-6-1-2-9-22-19/h1-6,9,12,18H,7-8,10-11,13-15H2,(H,24,25). The summed E-state index contributed by atoms with van der Waals surface area (Å²) in [5, 5.41) is 9.10. The molecule has 2 aliphatic rings. The van der Waals surface area contributed by atoms with Crippen LogP contribution in [0.2, 0.25) is 0 Å². The molecule has 1 aliphatic carbocycles. The van der Waals surface area contributed by atoms with E-state index < -0.39 is 5.97 Å². The van der Waals surface area contributed by atoms with Crippen LogP contribution >= 0.6 is 0 Å². The van der Waals surface area contributed by atoms with Crippen LogP contribution in [0.4, 0.5) is 0 Å². The molecule has 0 radical (unpaired) electrons. The molecule has 1 spiro atoms. The molecule has 2 aromatic rings. The van der Waals surface area contributed by atoms with Crippen molar-refractivity contribution in [2.24, 2.45) is 11.3 Å². The molecule has 1 aromatic carbocycles. The van der Waals surface area contributed by atoms with Crippen LogP contribution in [0, 0.1) is 11.3 Å². The third-order valence-corrected chi connectivity index (χ3v) is 5.92. The Labute approximate surface area is 148 Å². The fraction of sp³-hybridized carbons (Fsp3) is 0.429. The number of likely N-dealkylation sites (tertiary alicyclic amines) is 1. The van der Waals surface area contributed by atoms with Gasteiger partial charge in [0.25, 0.3) is 0 Å². The monoisotopic (exact) mass is 336 g/mol. The van der Waals surface area contributed by atoms with Crippen LogP contribution in [0.1, 0.15) is 31.2 Å². The molecule has 2 heterocycles. The van der Waals surface area contributed by atoms with Crippen molar-refractivity contribution in [2.45, 2.75) is 32.2 Å². The number of piperidine rings is 1. The second-order valence-corrected chi connectivity index (χ2v) is 7.63. The third kappa shape index (κ3) is 3.45. The van der Waals surface area contributed by atoms with Crippen molar-refractivity contribution in [1.82, 2.24) is 9.88 Å². The average Bonchev–Trinajstić information content (AvgIpc) is 2.61. The molecule has 130 valence electrons. The van der Waals surface area contributed by atoms with Crippen molar-refractivity contribution in [1.29, 1.82) is 0 Å². The quantitative estimate of drug-likeness (QED) is 0.922. The maximum absolute atomic E-state index is 11.0. The Kier molecular flexibility index (Phi) is 4.30. The van der Waals surface area contributed by atoms with Gasteiger partial charge in [0, 0.05) is 18.3 Å². The first-order chi connectivity index (χ1) is 12.1. The Morgan fingerprint density at radius 3 is 2.64 bits per heavy atom. The number of carboxylic acids is 1. The largest absolute Gasteiger partial charge is 0.481 e. The predicted octanol–water partition coefficient (Wildman–Crippen LogP) is 3.83. The lowest BCUT2D eigenvalue weighted by molar-refractivity contribution is -0.152. The van der Waals surface area contributed by atoms with Crippen molar-refractivity contribution >= 4 is 5.97 Å². The van der Waals surface area contributed by atoms with Gasteiger partial charge in [0.1, 0.15) is 0 Å². The zero-order valence-electron chi connectivity index (χ0n) is 14.4. The Bertz CT molecular complexity index is 744. The minimum Gasteiger partial charge on any atom is -0.481 e. The molecule has 1 saturated carbocycles. The summed E-state index contributed by atoms with van der Waals surface area (Å²) in [6, 6.07) is 14.6. The number of nitrogens with zero attached hydrogens (tertiary/aromatic N) is 2. The van der Waals surface area contributed by atoms with Gasteiger partial charge in [-0.05, 0) is 68.0 Å². The molecule has 4 nitrogen and oxygen atoms in total. The van der Waals surface area contributed by atoms with Crippen molar-refractivity contribution < 1.29 is 9.90 Å². The van der Waals surface area contributed by atoms with Crippen LogP contribution in [0.3, 0.4) is 0 Å². The minimum atomic E-state index is -0.612. The first-order valence-corrected chi connectivity index (χ1v) is 9.09. The summed E-state index contributed by atoms with van der Waals surface area (Å²) in [7, 11) is 0. The van der Waals surface area contributed by atoms with E-state index >= 15 is 0 Å². The topological polar surface area (TPSA) is 53.4 Å². The Morgan fingerprint density at radius 1 is 1.16 bits per heavy atom. The van der Waals surface area contributed by atoms with Crippen molar-refractivity contribution in [3.63, 3.8) is 0 Å². The minimum absolute atomic E-state index is 0.0957. The van der Waals surface area contributed by atoms with Gasteiger partial charge in [-0.3, -0.25) is 14.7 Å². The SMILES string of the molecule is O=C(O)C1CC2(CCN(Cc3cccc(-c4ccccn4)c3)CC2)C1. The second kappa shape index (κ2) is 6.60. The lowest BCUT2D eigenvalue weighted by Crippen LogP contribution is -2.48. The van der Waals surface area contributed by atoms with E-state index in [4.69, 9.17) is 5.11 Å². The Hall–Kier alpha value is -2.20. The van der Waals surface area contributed by atoms with E-state index in [1.807, 2.05) is 24.4 Å². The van der Waals surface area contributed by atoms with E-state index in [0.717, 1.165) is 56.6 Å². The van der Waals surface area contributed by atoms with E-state index in [-0.39, 0.29) is 5.92 Å². The number of carboxylic acid groups (broad SMARTS) is 1. The molecule has 1 saturated heterocycles. The molecule has 1 aliphatic heterocycles. The van der Waals surface area contributed by atoms with Crippen LogP contribution < -0.4 is 0 Å². The highest BCUT2D eigenvalue weighted by Gasteiger charge is 2.48. The van der Waals surface area contributed by atoms with Crippen LogP contribution in [0.5, 0.6) is 0 Å². The lowest BCUT2D eigenvalue weighted by atomic mass is 9.57. The van der Waals surface area contributed by atoms with Gasteiger partial charge < -0.3 is 5.11 Å². The first-order valence-electron chi connectivity index (χ1n) is 9.09. The van der Waals surface area contributed by atoms with Gasteiger partial charge in [-0.25, -0.2) is 0 Å². The Morgan fingerprint density at radius 2 is 1.96 bits per heavy atom. The zero-order valence-corrected chi connectivity index (χ0v) is 14.4. The van der Waals surface area contributed by atoms with Gasteiger partial charge in [0.05, 0.1) is 11.6 Å². The van der Waals surface area contributed by atoms with Gasteiger partial charge >= 0.3 is 5.97 Å². The molecule has 0 atom stereocenters. The molecule has 2 fully saturated rings. The van der Waals surface area contributed by atoms with E-state index in [9.17, 15) is 4.79 Å². The van der Waals surface area contributed by atoms with Gasteiger partial charge in [-0.2, -0.15) is 0 Å². The fourth-order valence-corrected chi connectivity index (χ4v) is 4.37. The molecule has 0 unspecified atom stereocenters. The van der Waals surface area contributed by atoms with Gasteiger partial charge in [0.2, 0.25) is 0 Å². The summed E-state index contributed by atoms with van der Waals surface area (Å²) < 4.78 is 0. The number of hydrogen-bond donors (Lipinski definition) is 1. The number of benzene rings is 1. The van der Waals surface area contributed by atoms with E-state index in [1.54, 1.807) is 0 Å². The first kappa shape index (κ1) is 16.3. The maximum atomic E-state index is 11.0. The summed E-state index contributed by atoms with van der Waals surface area (Å²) in [6.07, 6.45) is 5.86. The summed E-state index contributed by atoms with van der Waals surface area (Å²) in [4.78, 5) is 18.0.